The van der Waals surface area contributed by atoms with E-state index >= 15 is 0 Å². The molecule has 0 bridgehead atoms. The Bertz CT molecular complexity index is 819. The maximum Gasteiger partial charge on any atom is 0.261 e. The molecular formula is C18H16F2N2O3. The molecule has 3 rings (SSSR count). The van der Waals surface area contributed by atoms with E-state index in [4.69, 9.17) is 4.74 Å². The lowest BCUT2D eigenvalue weighted by Crippen LogP contribution is -2.24. The Hall–Kier alpha value is -2.96. The number of rotatable bonds is 4. The fourth-order valence-electron chi connectivity index (χ4n) is 2.79. The molecule has 2 aromatic carbocycles. The highest BCUT2D eigenvalue weighted by atomic mass is 19.1. The molecule has 0 unspecified atom stereocenters. The van der Waals surface area contributed by atoms with Gasteiger partial charge in [0, 0.05) is 18.7 Å². The van der Waals surface area contributed by atoms with E-state index in [0.717, 1.165) is 18.6 Å². The minimum atomic E-state index is -0.944. The largest absolute Gasteiger partial charge is 0.495 e. The topological polar surface area (TPSA) is 58.6 Å². The predicted octanol–water partition coefficient (Wildman–Crippen LogP) is 3.35. The third-order valence-corrected chi connectivity index (χ3v) is 3.99. The lowest BCUT2D eigenvalue weighted by molar-refractivity contribution is -0.117. The quantitative estimate of drug-likeness (QED) is 0.924. The monoisotopic (exact) mass is 346 g/mol. The Balaban J connectivity index is 1.90. The van der Waals surface area contributed by atoms with E-state index in [1.807, 2.05) is 0 Å². The molecule has 0 spiro atoms. The lowest BCUT2D eigenvalue weighted by atomic mass is 10.1. The summed E-state index contributed by atoms with van der Waals surface area (Å²) in [5.41, 5.74) is 0.164. The summed E-state index contributed by atoms with van der Waals surface area (Å²) in [5.74, 6) is -2.35. The Morgan fingerprint density at radius 2 is 1.92 bits per heavy atom. The van der Waals surface area contributed by atoms with Gasteiger partial charge in [-0.15, -0.1) is 0 Å². The van der Waals surface area contributed by atoms with Gasteiger partial charge in [0.25, 0.3) is 5.91 Å². The Labute approximate surface area is 143 Å². The SMILES string of the molecule is COc1ccc(NC(=O)c2c(F)cccc2F)cc1N1CCCC1=O. The van der Waals surface area contributed by atoms with Crippen molar-refractivity contribution >= 4 is 23.2 Å². The minimum absolute atomic E-state index is 0.0399. The summed E-state index contributed by atoms with van der Waals surface area (Å²) in [7, 11) is 1.48. The van der Waals surface area contributed by atoms with Gasteiger partial charge >= 0.3 is 0 Å². The van der Waals surface area contributed by atoms with Crippen LogP contribution in [0.4, 0.5) is 20.2 Å². The maximum absolute atomic E-state index is 13.7. The van der Waals surface area contributed by atoms with Crippen LogP contribution in [0.1, 0.15) is 23.2 Å². The molecule has 7 heteroatoms. The van der Waals surface area contributed by atoms with Crippen LogP contribution in [-0.2, 0) is 4.79 Å². The van der Waals surface area contributed by atoms with Gasteiger partial charge in [-0.3, -0.25) is 9.59 Å². The molecule has 1 aliphatic heterocycles. The van der Waals surface area contributed by atoms with E-state index in [-0.39, 0.29) is 5.91 Å². The van der Waals surface area contributed by atoms with Gasteiger partial charge in [0.1, 0.15) is 22.9 Å². The van der Waals surface area contributed by atoms with E-state index in [0.29, 0.717) is 30.1 Å². The second-order valence-corrected chi connectivity index (χ2v) is 5.59. The highest BCUT2D eigenvalue weighted by molar-refractivity contribution is 6.05. The molecule has 1 saturated heterocycles. The molecule has 5 nitrogen and oxygen atoms in total. The molecule has 2 aromatic rings. The van der Waals surface area contributed by atoms with E-state index in [2.05, 4.69) is 5.32 Å². The van der Waals surface area contributed by atoms with Crippen molar-refractivity contribution in [1.29, 1.82) is 0 Å². The molecule has 1 fully saturated rings. The molecule has 0 radical (unpaired) electrons. The highest BCUT2D eigenvalue weighted by Crippen LogP contribution is 2.34. The zero-order chi connectivity index (χ0) is 18.0. The summed E-state index contributed by atoms with van der Waals surface area (Å²) in [6.07, 6.45) is 1.18. The summed E-state index contributed by atoms with van der Waals surface area (Å²) in [5, 5.41) is 2.46. The molecule has 0 aromatic heterocycles. The van der Waals surface area contributed by atoms with Crippen molar-refractivity contribution in [2.75, 3.05) is 23.9 Å². The molecular weight excluding hydrogens is 330 g/mol. The standard InChI is InChI=1S/C18H16F2N2O3/c1-25-15-8-7-11(10-14(15)22-9-3-6-16(22)23)21-18(24)17-12(19)4-2-5-13(17)20/h2,4-5,7-8,10H,3,6,9H2,1H3,(H,21,24). The van der Waals surface area contributed by atoms with E-state index in [9.17, 15) is 18.4 Å². The van der Waals surface area contributed by atoms with Gasteiger partial charge in [-0.1, -0.05) is 6.07 Å². The number of nitrogens with zero attached hydrogens (tertiary/aromatic N) is 1. The van der Waals surface area contributed by atoms with Gasteiger partial charge < -0.3 is 15.0 Å². The molecule has 1 aliphatic rings. The third kappa shape index (κ3) is 3.31. The molecule has 1 N–H and O–H groups in total. The van der Waals surface area contributed by atoms with Gasteiger partial charge in [0.15, 0.2) is 0 Å². The van der Waals surface area contributed by atoms with E-state index in [1.165, 1.54) is 13.2 Å². The average molecular weight is 346 g/mol. The van der Waals surface area contributed by atoms with Crippen molar-refractivity contribution in [2.45, 2.75) is 12.8 Å². The second kappa shape index (κ2) is 6.88. The van der Waals surface area contributed by atoms with Gasteiger partial charge in [-0.25, -0.2) is 8.78 Å². The number of nitrogens with one attached hydrogen (secondary N) is 1. The van der Waals surface area contributed by atoms with Crippen molar-refractivity contribution in [3.8, 4) is 5.75 Å². The van der Waals surface area contributed by atoms with Crippen molar-refractivity contribution in [1.82, 2.24) is 0 Å². The molecule has 0 aliphatic carbocycles. The first-order chi connectivity index (χ1) is 12.0. The van der Waals surface area contributed by atoms with Crippen molar-refractivity contribution in [3.05, 3.63) is 53.6 Å². The fraction of sp³-hybridized carbons (Fsp3) is 0.222. The Morgan fingerprint density at radius 1 is 1.20 bits per heavy atom. The van der Waals surface area contributed by atoms with Gasteiger partial charge in [-0.2, -0.15) is 0 Å². The number of ether oxygens (including phenoxy) is 1. The summed E-state index contributed by atoms with van der Waals surface area (Å²) >= 11 is 0. The normalized spacial score (nSPS) is 13.9. The van der Waals surface area contributed by atoms with Crippen LogP contribution in [0.5, 0.6) is 5.75 Å². The van der Waals surface area contributed by atoms with Crippen molar-refractivity contribution in [3.63, 3.8) is 0 Å². The second-order valence-electron chi connectivity index (χ2n) is 5.59. The number of benzene rings is 2. The summed E-state index contributed by atoms with van der Waals surface area (Å²) < 4.78 is 32.7. The number of carbonyl (C=O) groups is 2. The molecule has 0 saturated carbocycles. The number of amides is 2. The van der Waals surface area contributed by atoms with Crippen LogP contribution in [0.15, 0.2) is 36.4 Å². The molecule has 1 heterocycles. The van der Waals surface area contributed by atoms with E-state index in [1.54, 1.807) is 23.1 Å². The predicted molar refractivity (Wildman–Crippen MR) is 88.9 cm³/mol. The number of halogens is 2. The first-order valence-electron chi connectivity index (χ1n) is 7.75. The van der Waals surface area contributed by atoms with Crippen LogP contribution in [0, 0.1) is 11.6 Å². The van der Waals surface area contributed by atoms with Crippen molar-refractivity contribution in [2.24, 2.45) is 0 Å². The summed E-state index contributed by atoms with van der Waals surface area (Å²) in [6, 6.07) is 7.90. The molecule has 0 atom stereocenters. The zero-order valence-corrected chi connectivity index (χ0v) is 13.5. The zero-order valence-electron chi connectivity index (χ0n) is 13.5. The van der Waals surface area contributed by atoms with Crippen LogP contribution < -0.4 is 15.0 Å². The van der Waals surface area contributed by atoms with Gasteiger partial charge in [-0.05, 0) is 36.8 Å². The summed E-state index contributed by atoms with van der Waals surface area (Å²) in [4.78, 5) is 25.7. The highest BCUT2D eigenvalue weighted by Gasteiger charge is 2.25. The van der Waals surface area contributed by atoms with Crippen LogP contribution in [0.2, 0.25) is 0 Å². The first kappa shape index (κ1) is 16.9. The van der Waals surface area contributed by atoms with E-state index < -0.39 is 23.1 Å². The Morgan fingerprint density at radius 3 is 2.52 bits per heavy atom. The fourth-order valence-corrected chi connectivity index (χ4v) is 2.79. The van der Waals surface area contributed by atoms with Gasteiger partial charge in [0.05, 0.1) is 12.8 Å². The van der Waals surface area contributed by atoms with Crippen LogP contribution in [-0.4, -0.2) is 25.5 Å². The number of hydrogen-bond donors (Lipinski definition) is 1. The van der Waals surface area contributed by atoms with Crippen LogP contribution in [0.25, 0.3) is 0 Å². The number of carbonyl (C=O) groups excluding carboxylic acids is 2. The number of hydrogen-bond acceptors (Lipinski definition) is 3. The minimum Gasteiger partial charge on any atom is -0.495 e. The van der Waals surface area contributed by atoms with Gasteiger partial charge in [0.2, 0.25) is 5.91 Å². The molecule has 130 valence electrons. The first-order valence-corrected chi connectivity index (χ1v) is 7.75. The van der Waals surface area contributed by atoms with Crippen molar-refractivity contribution < 1.29 is 23.1 Å². The van der Waals surface area contributed by atoms with Crippen LogP contribution >= 0.6 is 0 Å². The smallest absolute Gasteiger partial charge is 0.261 e. The van der Waals surface area contributed by atoms with Crippen LogP contribution in [0.3, 0.4) is 0 Å². The lowest BCUT2D eigenvalue weighted by Gasteiger charge is -2.20. The average Bonchev–Trinajstić information content (AvgIpc) is 3.00. The number of anilines is 2. The number of methoxy groups -OCH3 is 1. The molecule has 2 amide bonds. The molecule has 25 heavy (non-hydrogen) atoms. The Kier molecular flexibility index (Phi) is 4.65. The maximum atomic E-state index is 13.7. The summed E-state index contributed by atoms with van der Waals surface area (Å²) in [6.45, 7) is 0.550. The third-order valence-electron chi connectivity index (χ3n) is 3.99.